The van der Waals surface area contributed by atoms with E-state index in [9.17, 15) is 24.0 Å². The topological polar surface area (TPSA) is 176 Å². The molecule has 16 nitrogen and oxygen atoms in total. The highest BCUT2D eigenvalue weighted by atomic mass is 16.6. The molecule has 2 aromatic heterocycles. The Bertz CT molecular complexity index is 2440. The van der Waals surface area contributed by atoms with Crippen molar-refractivity contribution in [2.75, 3.05) is 67.5 Å². The van der Waals surface area contributed by atoms with E-state index in [1.165, 1.54) is 12.8 Å². The third-order valence-electron chi connectivity index (χ3n) is 13.7. The highest BCUT2D eigenvalue weighted by molar-refractivity contribution is 6.23. The van der Waals surface area contributed by atoms with Crippen molar-refractivity contribution in [2.24, 2.45) is 11.8 Å². The van der Waals surface area contributed by atoms with Gasteiger partial charge >= 0.3 is 6.09 Å². The number of hydrogen-bond donors (Lipinski definition) is 3. The van der Waals surface area contributed by atoms with Crippen molar-refractivity contribution >= 4 is 57.8 Å². The smallest absolute Gasteiger partial charge is 0.412 e. The quantitative estimate of drug-likeness (QED) is 0.170. The largest absolute Gasteiger partial charge is 0.444 e. The van der Waals surface area contributed by atoms with Crippen molar-refractivity contribution in [3.8, 4) is 11.3 Å². The summed E-state index contributed by atoms with van der Waals surface area (Å²) >= 11 is 0. The number of carbonyl (C=O) groups excluding carboxylic acids is 5. The Labute approximate surface area is 374 Å². The SMILES string of the molecule is C[C@@H]1CN(c2cc(-c3n[nH]c4ccc(NC(=O)OC(C)(C)C)cc34)ccn2)C[C@H](C)N1CC1CCN(CC2CCN(c3ccc4c(c3)C(=O)N(C3CCC(=O)NC3=O)C4=O)CC2)CC1. The average Bonchev–Trinajstić information content (AvgIpc) is 3.79. The molecule has 4 fully saturated rings. The van der Waals surface area contributed by atoms with Crippen LogP contribution in [0.1, 0.15) is 93.9 Å². The summed E-state index contributed by atoms with van der Waals surface area (Å²) in [5.41, 5.74) is 4.26. The molecule has 0 saturated carbocycles. The molecule has 9 rings (SSSR count). The number of imide groups is 2. The molecule has 5 aliphatic heterocycles. The summed E-state index contributed by atoms with van der Waals surface area (Å²) in [5, 5.41) is 13.8. The van der Waals surface area contributed by atoms with Gasteiger partial charge in [0.2, 0.25) is 11.8 Å². The molecule has 7 heterocycles. The van der Waals surface area contributed by atoms with Gasteiger partial charge in [0.05, 0.1) is 16.6 Å². The second-order valence-electron chi connectivity index (χ2n) is 19.5. The molecular formula is C48H60N10O6. The maximum atomic E-state index is 13.4. The van der Waals surface area contributed by atoms with Gasteiger partial charge in [-0.1, -0.05) is 0 Å². The molecule has 3 atom stereocenters. The molecule has 16 heteroatoms. The molecule has 64 heavy (non-hydrogen) atoms. The average molecular weight is 873 g/mol. The van der Waals surface area contributed by atoms with Crippen molar-refractivity contribution in [3.63, 3.8) is 0 Å². The maximum absolute atomic E-state index is 13.4. The Hall–Kier alpha value is -5.87. The van der Waals surface area contributed by atoms with Crippen LogP contribution in [-0.4, -0.2) is 136 Å². The van der Waals surface area contributed by atoms with Crippen LogP contribution in [0.15, 0.2) is 54.7 Å². The van der Waals surface area contributed by atoms with Gasteiger partial charge in [0.25, 0.3) is 11.8 Å². The Morgan fingerprint density at radius 2 is 1.52 bits per heavy atom. The number of carbonyl (C=O) groups is 5. The zero-order chi connectivity index (χ0) is 44.9. The number of pyridine rings is 1. The van der Waals surface area contributed by atoms with Gasteiger partial charge in [-0.05, 0) is 140 Å². The Balaban J connectivity index is 0.737. The fourth-order valence-electron chi connectivity index (χ4n) is 10.4. The first kappa shape index (κ1) is 43.4. The molecule has 3 N–H and O–H groups in total. The van der Waals surface area contributed by atoms with Gasteiger partial charge in [-0.2, -0.15) is 5.10 Å². The summed E-state index contributed by atoms with van der Waals surface area (Å²) in [7, 11) is 0. The van der Waals surface area contributed by atoms with Crippen molar-refractivity contribution in [2.45, 2.75) is 96.9 Å². The van der Waals surface area contributed by atoms with E-state index in [4.69, 9.17) is 9.72 Å². The monoisotopic (exact) mass is 872 g/mol. The number of fused-ring (bicyclic) bond motifs is 2. The number of hydrogen-bond acceptors (Lipinski definition) is 12. The number of anilines is 3. The second kappa shape index (κ2) is 17.6. The molecule has 338 valence electrons. The van der Waals surface area contributed by atoms with Crippen LogP contribution in [0.3, 0.4) is 0 Å². The van der Waals surface area contributed by atoms with E-state index in [0.717, 1.165) is 104 Å². The minimum absolute atomic E-state index is 0.102. The Morgan fingerprint density at radius 3 is 2.23 bits per heavy atom. The van der Waals surface area contributed by atoms with Crippen molar-refractivity contribution in [1.29, 1.82) is 0 Å². The number of aromatic nitrogens is 3. The second-order valence-corrected chi connectivity index (χ2v) is 19.5. The van der Waals surface area contributed by atoms with Gasteiger partial charge in [0.1, 0.15) is 23.2 Å². The predicted octanol–water partition coefficient (Wildman–Crippen LogP) is 5.90. The van der Waals surface area contributed by atoms with E-state index in [-0.39, 0.29) is 18.7 Å². The first-order valence-electron chi connectivity index (χ1n) is 23.0. The number of nitrogens with one attached hydrogen (secondary N) is 3. The van der Waals surface area contributed by atoms with Gasteiger partial charge in [-0.25, -0.2) is 9.78 Å². The lowest BCUT2D eigenvalue weighted by atomic mass is 9.91. The summed E-state index contributed by atoms with van der Waals surface area (Å²) in [5.74, 6) is 0.299. The number of aromatic amines is 1. The van der Waals surface area contributed by atoms with Crippen LogP contribution >= 0.6 is 0 Å². The molecule has 0 aliphatic carbocycles. The van der Waals surface area contributed by atoms with Gasteiger partial charge in [0.15, 0.2) is 0 Å². The fraction of sp³-hybridized carbons (Fsp3) is 0.521. The number of benzene rings is 2. The number of nitrogens with zero attached hydrogens (tertiary/aromatic N) is 7. The highest BCUT2D eigenvalue weighted by Gasteiger charge is 2.45. The van der Waals surface area contributed by atoms with Crippen LogP contribution in [0.2, 0.25) is 0 Å². The maximum Gasteiger partial charge on any atom is 0.412 e. The van der Waals surface area contributed by atoms with Crippen molar-refractivity contribution in [1.82, 2.24) is 35.2 Å². The summed E-state index contributed by atoms with van der Waals surface area (Å²) in [6.07, 6.45) is 6.14. The fourth-order valence-corrected chi connectivity index (χ4v) is 10.4. The summed E-state index contributed by atoms with van der Waals surface area (Å²) in [6.45, 7) is 18.2. The zero-order valence-corrected chi connectivity index (χ0v) is 37.6. The van der Waals surface area contributed by atoms with E-state index in [0.29, 0.717) is 40.7 Å². The Kier molecular flexibility index (Phi) is 11.9. The number of likely N-dealkylation sites (tertiary alicyclic amines) is 1. The van der Waals surface area contributed by atoms with E-state index < -0.39 is 35.5 Å². The third-order valence-corrected chi connectivity index (χ3v) is 13.7. The van der Waals surface area contributed by atoms with Crippen LogP contribution in [0, 0.1) is 11.8 Å². The molecule has 4 aromatic rings. The number of rotatable bonds is 9. The minimum atomic E-state index is -0.961. The summed E-state index contributed by atoms with van der Waals surface area (Å²) < 4.78 is 5.45. The van der Waals surface area contributed by atoms with Gasteiger partial charge in [-0.3, -0.25) is 44.7 Å². The molecule has 0 radical (unpaired) electrons. The minimum Gasteiger partial charge on any atom is -0.444 e. The van der Waals surface area contributed by atoms with E-state index >= 15 is 0 Å². The van der Waals surface area contributed by atoms with E-state index in [1.807, 2.05) is 57.3 Å². The molecule has 4 saturated heterocycles. The number of H-pyrrole nitrogens is 1. The van der Waals surface area contributed by atoms with Crippen molar-refractivity contribution in [3.05, 3.63) is 65.9 Å². The van der Waals surface area contributed by atoms with Crippen LogP contribution in [0.25, 0.3) is 22.2 Å². The van der Waals surface area contributed by atoms with Crippen LogP contribution in [0.5, 0.6) is 0 Å². The molecular weight excluding hydrogens is 813 g/mol. The van der Waals surface area contributed by atoms with E-state index in [2.05, 4.69) is 60.3 Å². The van der Waals surface area contributed by atoms with E-state index in [1.54, 1.807) is 12.1 Å². The Morgan fingerprint density at radius 1 is 0.812 bits per heavy atom. The lowest BCUT2D eigenvalue weighted by Gasteiger charge is -2.47. The molecule has 5 aliphatic rings. The van der Waals surface area contributed by atoms with Crippen LogP contribution < -0.4 is 20.4 Å². The van der Waals surface area contributed by atoms with Crippen molar-refractivity contribution < 1.29 is 28.7 Å². The predicted molar refractivity (Wildman–Crippen MR) is 244 cm³/mol. The number of piperidine rings is 3. The highest BCUT2D eigenvalue weighted by Crippen LogP contribution is 2.35. The summed E-state index contributed by atoms with van der Waals surface area (Å²) in [4.78, 5) is 79.1. The standard InChI is InChI=1S/C48H60N10O6/c1-29-25-56(41-22-33(12-17-49-41)43-38-23-34(6-9-39(38)52-53-43)50-47(63)64-48(3,4)5)26-30(2)57(29)28-32-13-18-54(19-14-32)27-31-15-20-55(21-16-31)35-7-8-36-37(24-35)46(62)58(45(36)61)40-10-11-42(59)51-44(40)60/h6-9,12,17,22-24,29-32,40H,10-11,13-16,18-21,25-28H2,1-5H3,(H,50,63)(H,52,53)(H,51,59,60)/t29-,30+,40?. The first-order valence-corrected chi connectivity index (χ1v) is 23.0. The van der Waals surface area contributed by atoms with Gasteiger partial charge in [0, 0.05) is 86.3 Å². The van der Waals surface area contributed by atoms with Crippen LogP contribution in [0.4, 0.5) is 22.0 Å². The lowest BCUT2D eigenvalue weighted by Crippen LogP contribution is -2.58. The zero-order valence-electron chi connectivity index (χ0n) is 37.6. The third kappa shape index (κ3) is 9.07. The molecule has 1 unspecified atom stereocenters. The molecule has 0 bridgehead atoms. The number of piperazine rings is 1. The number of ether oxygens (including phenoxy) is 1. The normalized spacial score (nSPS) is 23.2. The molecule has 5 amide bonds. The molecule has 0 spiro atoms. The van der Waals surface area contributed by atoms with Crippen LogP contribution in [-0.2, 0) is 14.3 Å². The van der Waals surface area contributed by atoms with Gasteiger partial charge < -0.3 is 19.4 Å². The molecule has 2 aromatic carbocycles. The first-order chi connectivity index (χ1) is 30.7. The summed E-state index contributed by atoms with van der Waals surface area (Å²) in [6, 6.07) is 15.0. The number of amides is 5. The lowest BCUT2D eigenvalue weighted by molar-refractivity contribution is -0.136. The van der Waals surface area contributed by atoms with Gasteiger partial charge in [-0.15, -0.1) is 0 Å².